The molecule has 0 fully saturated rings. The van der Waals surface area contributed by atoms with Crippen LogP contribution in [0, 0.1) is 29.9 Å². The molecule has 1 atom stereocenters. The van der Waals surface area contributed by atoms with Crippen molar-refractivity contribution in [3.63, 3.8) is 0 Å². The van der Waals surface area contributed by atoms with Crippen LogP contribution in [0.15, 0.2) is 12.1 Å². The number of rotatable bonds is 4. The molecule has 2 nitrogen and oxygen atoms in total. The molecule has 0 aliphatic heterocycles. The summed E-state index contributed by atoms with van der Waals surface area (Å²) < 4.78 is 26.8. The summed E-state index contributed by atoms with van der Waals surface area (Å²) in [4.78, 5) is 0. The highest BCUT2D eigenvalue weighted by molar-refractivity contribution is 5.27. The number of hydrogen-bond acceptors (Lipinski definition) is 2. The minimum atomic E-state index is -0.421. The summed E-state index contributed by atoms with van der Waals surface area (Å²) in [6, 6.07) is 4.07. The van der Waals surface area contributed by atoms with Crippen LogP contribution in [0.1, 0.15) is 30.5 Å². The van der Waals surface area contributed by atoms with Gasteiger partial charge in [-0.2, -0.15) is 5.26 Å². The van der Waals surface area contributed by atoms with Gasteiger partial charge in [-0.3, -0.25) is 0 Å². The van der Waals surface area contributed by atoms with Crippen LogP contribution in [-0.2, 0) is 0 Å². The van der Waals surface area contributed by atoms with Crippen LogP contribution >= 0.6 is 0 Å². The Morgan fingerprint density at radius 1 is 1.38 bits per heavy atom. The average Bonchev–Trinajstić information content (AvgIpc) is 2.23. The van der Waals surface area contributed by atoms with Crippen molar-refractivity contribution in [1.82, 2.24) is 5.32 Å². The molecule has 16 heavy (non-hydrogen) atoms. The fourth-order valence-electron chi connectivity index (χ4n) is 1.45. The molecule has 0 saturated heterocycles. The monoisotopic (exact) mass is 224 g/mol. The fraction of sp³-hybridized carbons (Fsp3) is 0.417. The number of nitrogens with one attached hydrogen (secondary N) is 1. The summed E-state index contributed by atoms with van der Waals surface area (Å²) in [5.41, 5.74) is 0.589. The zero-order valence-electron chi connectivity index (χ0n) is 9.35. The van der Waals surface area contributed by atoms with Crippen molar-refractivity contribution in [1.29, 1.82) is 5.26 Å². The summed E-state index contributed by atoms with van der Waals surface area (Å²) in [5.74, 6) is -0.832. The van der Waals surface area contributed by atoms with Gasteiger partial charge in [0, 0.05) is 24.6 Å². The van der Waals surface area contributed by atoms with E-state index >= 15 is 0 Å². The van der Waals surface area contributed by atoms with Gasteiger partial charge in [0.25, 0.3) is 0 Å². The van der Waals surface area contributed by atoms with Crippen LogP contribution in [-0.4, -0.2) is 6.54 Å². The van der Waals surface area contributed by atoms with Gasteiger partial charge in [-0.25, -0.2) is 8.78 Å². The van der Waals surface area contributed by atoms with Crippen LogP contribution in [0.3, 0.4) is 0 Å². The highest BCUT2D eigenvalue weighted by Crippen LogP contribution is 2.20. The minimum absolute atomic E-state index is 0.293. The lowest BCUT2D eigenvalue weighted by Gasteiger charge is -2.14. The van der Waals surface area contributed by atoms with E-state index in [4.69, 9.17) is 5.26 Å². The molecule has 0 radical (unpaired) electrons. The standard InChI is InChI=1S/C12H14F2N2/c1-8-6-12(14)10(7-11(8)13)9(2)16-5-3-4-15/h6-7,9,16H,3,5H2,1-2H3. The molecule has 1 unspecified atom stereocenters. The van der Waals surface area contributed by atoms with Crippen LogP contribution in [0.25, 0.3) is 0 Å². The number of aryl methyl sites for hydroxylation is 1. The molecule has 0 spiro atoms. The fourth-order valence-corrected chi connectivity index (χ4v) is 1.45. The van der Waals surface area contributed by atoms with Gasteiger partial charge in [0.1, 0.15) is 11.6 Å². The lowest BCUT2D eigenvalue weighted by molar-refractivity contribution is 0.521. The Hall–Kier alpha value is -1.47. The summed E-state index contributed by atoms with van der Waals surface area (Å²) in [7, 11) is 0. The smallest absolute Gasteiger partial charge is 0.128 e. The second-order valence-corrected chi connectivity index (χ2v) is 3.71. The SMILES string of the molecule is Cc1cc(F)c(C(C)NCCC#N)cc1F. The molecule has 1 aromatic carbocycles. The Balaban J connectivity index is 2.79. The van der Waals surface area contributed by atoms with Gasteiger partial charge < -0.3 is 5.32 Å². The van der Waals surface area contributed by atoms with E-state index in [0.717, 1.165) is 0 Å². The number of hydrogen-bond donors (Lipinski definition) is 1. The van der Waals surface area contributed by atoms with Gasteiger partial charge in [0.15, 0.2) is 0 Å². The first-order chi connectivity index (χ1) is 7.56. The summed E-state index contributed by atoms with van der Waals surface area (Å²) in [6.07, 6.45) is 0.348. The highest BCUT2D eigenvalue weighted by Gasteiger charge is 2.12. The second-order valence-electron chi connectivity index (χ2n) is 3.71. The van der Waals surface area contributed by atoms with Gasteiger partial charge in [-0.15, -0.1) is 0 Å². The molecule has 0 amide bonds. The number of nitrogens with zero attached hydrogens (tertiary/aromatic N) is 1. The van der Waals surface area contributed by atoms with Crippen LogP contribution in [0.2, 0.25) is 0 Å². The van der Waals surface area contributed by atoms with Crippen molar-refractivity contribution in [3.8, 4) is 6.07 Å². The quantitative estimate of drug-likeness (QED) is 0.798. The highest BCUT2D eigenvalue weighted by atomic mass is 19.1. The Morgan fingerprint density at radius 2 is 2.06 bits per heavy atom. The maximum absolute atomic E-state index is 13.5. The molecule has 0 aliphatic carbocycles. The third-order valence-corrected chi connectivity index (χ3v) is 2.43. The molecule has 1 rings (SSSR count). The van der Waals surface area contributed by atoms with E-state index in [1.54, 1.807) is 6.92 Å². The predicted octanol–water partition coefficient (Wildman–Crippen LogP) is 2.84. The van der Waals surface area contributed by atoms with Crippen molar-refractivity contribution in [3.05, 3.63) is 34.9 Å². The van der Waals surface area contributed by atoms with E-state index in [9.17, 15) is 8.78 Å². The zero-order chi connectivity index (χ0) is 12.1. The molecule has 0 aliphatic rings. The summed E-state index contributed by atoms with van der Waals surface area (Å²) >= 11 is 0. The van der Waals surface area contributed by atoms with Crippen molar-refractivity contribution < 1.29 is 8.78 Å². The van der Waals surface area contributed by atoms with E-state index in [1.165, 1.54) is 19.1 Å². The first-order valence-electron chi connectivity index (χ1n) is 5.12. The average molecular weight is 224 g/mol. The van der Waals surface area contributed by atoms with Crippen LogP contribution < -0.4 is 5.32 Å². The number of benzene rings is 1. The van der Waals surface area contributed by atoms with Crippen molar-refractivity contribution in [2.45, 2.75) is 26.3 Å². The molecule has 0 saturated carbocycles. The Morgan fingerprint density at radius 3 is 2.69 bits per heavy atom. The molecule has 86 valence electrons. The second kappa shape index (κ2) is 5.57. The first kappa shape index (κ1) is 12.6. The van der Waals surface area contributed by atoms with Gasteiger partial charge in [-0.05, 0) is 31.5 Å². The van der Waals surface area contributed by atoms with E-state index in [-0.39, 0.29) is 6.04 Å². The van der Waals surface area contributed by atoms with Gasteiger partial charge in [-0.1, -0.05) is 0 Å². The zero-order valence-corrected chi connectivity index (χ0v) is 9.35. The summed E-state index contributed by atoms with van der Waals surface area (Å²) in [6.45, 7) is 3.73. The summed E-state index contributed by atoms with van der Waals surface area (Å²) in [5, 5.41) is 11.3. The van der Waals surface area contributed by atoms with Crippen molar-refractivity contribution >= 4 is 0 Å². The molecule has 1 N–H and O–H groups in total. The van der Waals surface area contributed by atoms with Gasteiger partial charge in [0.05, 0.1) is 6.07 Å². The number of nitriles is 1. The van der Waals surface area contributed by atoms with Crippen molar-refractivity contribution in [2.75, 3.05) is 6.54 Å². The van der Waals surface area contributed by atoms with Crippen LogP contribution in [0.4, 0.5) is 8.78 Å². The molecule has 0 aromatic heterocycles. The molecule has 0 heterocycles. The maximum Gasteiger partial charge on any atom is 0.128 e. The third kappa shape index (κ3) is 3.01. The largest absolute Gasteiger partial charge is 0.309 e. The van der Waals surface area contributed by atoms with Crippen molar-refractivity contribution in [2.24, 2.45) is 0 Å². The van der Waals surface area contributed by atoms with Gasteiger partial charge >= 0.3 is 0 Å². The lowest BCUT2D eigenvalue weighted by atomic mass is 10.0. The van der Waals surface area contributed by atoms with Gasteiger partial charge in [0.2, 0.25) is 0 Å². The molecular formula is C12H14F2N2. The third-order valence-electron chi connectivity index (χ3n) is 2.43. The Labute approximate surface area is 93.9 Å². The first-order valence-corrected chi connectivity index (χ1v) is 5.12. The van der Waals surface area contributed by atoms with E-state index in [1.807, 2.05) is 6.07 Å². The topological polar surface area (TPSA) is 35.8 Å². The van der Waals surface area contributed by atoms with Crippen LogP contribution in [0.5, 0.6) is 0 Å². The molecule has 0 bridgehead atoms. The normalized spacial score (nSPS) is 12.2. The van der Waals surface area contributed by atoms with E-state index in [2.05, 4.69) is 5.32 Å². The lowest BCUT2D eigenvalue weighted by Crippen LogP contribution is -2.20. The number of halogens is 2. The molecular weight excluding hydrogens is 210 g/mol. The predicted molar refractivity (Wildman–Crippen MR) is 57.7 cm³/mol. The molecule has 4 heteroatoms. The molecule has 1 aromatic rings. The Kier molecular flexibility index (Phi) is 4.39. The minimum Gasteiger partial charge on any atom is -0.309 e. The van der Waals surface area contributed by atoms with E-state index in [0.29, 0.717) is 24.1 Å². The maximum atomic E-state index is 13.5. The Bertz CT molecular complexity index is 410. The van der Waals surface area contributed by atoms with E-state index < -0.39 is 11.6 Å².